The quantitative estimate of drug-likeness (QED) is 0.815. The number of halogens is 4. The number of hydrogen-bond donors (Lipinski definition) is 2. The van der Waals surface area contributed by atoms with Gasteiger partial charge in [-0.2, -0.15) is 13.2 Å². The van der Waals surface area contributed by atoms with Gasteiger partial charge in [0.2, 0.25) is 5.88 Å². The van der Waals surface area contributed by atoms with Gasteiger partial charge in [0.05, 0.1) is 16.8 Å². The second-order valence-corrected chi connectivity index (χ2v) is 5.15. The van der Waals surface area contributed by atoms with E-state index in [1.165, 1.54) is 13.0 Å². The van der Waals surface area contributed by atoms with E-state index < -0.39 is 28.9 Å². The van der Waals surface area contributed by atoms with E-state index in [4.69, 9.17) is 0 Å². The standard InChI is InChI=1S/C12H8BrF3N2O3/c1-5-9(19)17-11(21)18(10(5)20)8-3-6(12(14,15)16)2-7(13)4-8/h2-4,20H,1H3,(H,17,19,21). The van der Waals surface area contributed by atoms with Gasteiger partial charge in [0, 0.05) is 4.47 Å². The zero-order chi connectivity index (χ0) is 15.9. The van der Waals surface area contributed by atoms with Gasteiger partial charge in [-0.15, -0.1) is 0 Å². The maximum atomic E-state index is 12.8. The minimum atomic E-state index is -4.62. The molecule has 2 rings (SSSR count). The summed E-state index contributed by atoms with van der Waals surface area (Å²) in [6.07, 6.45) is -4.62. The summed E-state index contributed by atoms with van der Waals surface area (Å²) >= 11 is 2.92. The molecule has 112 valence electrons. The van der Waals surface area contributed by atoms with E-state index >= 15 is 0 Å². The summed E-state index contributed by atoms with van der Waals surface area (Å²) < 4.78 is 39.0. The molecule has 1 aromatic carbocycles. The number of aromatic nitrogens is 2. The van der Waals surface area contributed by atoms with Crippen LogP contribution in [0.1, 0.15) is 11.1 Å². The molecule has 0 saturated carbocycles. The molecule has 1 heterocycles. The molecule has 2 N–H and O–H groups in total. The zero-order valence-corrected chi connectivity index (χ0v) is 12.0. The van der Waals surface area contributed by atoms with E-state index in [9.17, 15) is 27.9 Å². The number of benzene rings is 1. The molecule has 0 aliphatic carbocycles. The smallest absolute Gasteiger partial charge is 0.416 e. The zero-order valence-electron chi connectivity index (χ0n) is 10.5. The summed E-state index contributed by atoms with van der Waals surface area (Å²) in [5.74, 6) is -0.713. The third kappa shape index (κ3) is 2.87. The van der Waals surface area contributed by atoms with Crippen LogP contribution >= 0.6 is 15.9 Å². The third-order valence-electron chi connectivity index (χ3n) is 2.78. The van der Waals surface area contributed by atoms with Crippen LogP contribution in [0.3, 0.4) is 0 Å². The molecule has 2 aromatic rings. The largest absolute Gasteiger partial charge is 0.494 e. The number of rotatable bonds is 1. The molecular formula is C12H8BrF3N2O3. The monoisotopic (exact) mass is 364 g/mol. The first kappa shape index (κ1) is 15.4. The Labute approximate surface area is 123 Å². The Kier molecular flexibility index (Phi) is 3.70. The topological polar surface area (TPSA) is 75.1 Å². The molecule has 9 heteroatoms. The molecule has 21 heavy (non-hydrogen) atoms. The van der Waals surface area contributed by atoms with Crippen LogP contribution in [0.5, 0.6) is 5.88 Å². The first-order valence-electron chi connectivity index (χ1n) is 5.54. The molecule has 0 spiro atoms. The lowest BCUT2D eigenvalue weighted by Gasteiger charge is -2.13. The highest BCUT2D eigenvalue weighted by Crippen LogP contribution is 2.33. The molecule has 0 unspecified atom stereocenters. The van der Waals surface area contributed by atoms with Crippen LogP contribution in [-0.2, 0) is 6.18 Å². The highest BCUT2D eigenvalue weighted by molar-refractivity contribution is 9.10. The molecule has 0 atom stereocenters. The van der Waals surface area contributed by atoms with Crippen LogP contribution in [-0.4, -0.2) is 14.7 Å². The fourth-order valence-electron chi connectivity index (χ4n) is 1.72. The van der Waals surface area contributed by atoms with Gasteiger partial charge < -0.3 is 5.11 Å². The van der Waals surface area contributed by atoms with E-state index in [2.05, 4.69) is 15.9 Å². The van der Waals surface area contributed by atoms with Gasteiger partial charge in [0.15, 0.2) is 0 Å². The maximum absolute atomic E-state index is 12.8. The lowest BCUT2D eigenvalue weighted by atomic mass is 10.2. The fraction of sp³-hybridized carbons (Fsp3) is 0.167. The molecule has 0 aliphatic heterocycles. The number of nitrogens with one attached hydrogen (secondary N) is 1. The van der Waals surface area contributed by atoms with Crippen molar-refractivity contribution >= 4 is 15.9 Å². The number of aromatic amines is 1. The summed E-state index contributed by atoms with van der Waals surface area (Å²) in [6, 6.07) is 2.75. The number of hydrogen-bond acceptors (Lipinski definition) is 3. The van der Waals surface area contributed by atoms with Crippen LogP contribution in [0.4, 0.5) is 13.2 Å². The summed E-state index contributed by atoms with van der Waals surface area (Å²) in [7, 11) is 0. The second-order valence-electron chi connectivity index (χ2n) is 4.24. The number of nitrogens with zero attached hydrogens (tertiary/aromatic N) is 1. The van der Waals surface area contributed by atoms with Crippen molar-refractivity contribution in [2.24, 2.45) is 0 Å². The Morgan fingerprint density at radius 3 is 2.43 bits per heavy atom. The van der Waals surface area contributed by atoms with E-state index in [1.54, 1.807) is 0 Å². The van der Waals surface area contributed by atoms with Gasteiger partial charge in [-0.3, -0.25) is 9.78 Å². The van der Waals surface area contributed by atoms with Crippen molar-refractivity contribution in [1.29, 1.82) is 0 Å². The molecule has 0 radical (unpaired) electrons. The Hall–Kier alpha value is -2.03. The Morgan fingerprint density at radius 2 is 1.86 bits per heavy atom. The van der Waals surface area contributed by atoms with Crippen molar-refractivity contribution in [1.82, 2.24) is 9.55 Å². The summed E-state index contributed by atoms with van der Waals surface area (Å²) in [6.45, 7) is 1.24. The van der Waals surface area contributed by atoms with Crippen molar-refractivity contribution in [3.05, 3.63) is 54.6 Å². The van der Waals surface area contributed by atoms with Crippen LogP contribution in [0.2, 0.25) is 0 Å². The number of aromatic hydroxyl groups is 1. The van der Waals surface area contributed by atoms with Gasteiger partial charge in [0.25, 0.3) is 5.56 Å². The van der Waals surface area contributed by atoms with Crippen LogP contribution in [0, 0.1) is 6.92 Å². The normalized spacial score (nSPS) is 11.7. The van der Waals surface area contributed by atoms with Crippen molar-refractivity contribution in [3.63, 3.8) is 0 Å². The molecular weight excluding hydrogens is 357 g/mol. The van der Waals surface area contributed by atoms with Gasteiger partial charge in [0.1, 0.15) is 0 Å². The number of alkyl halides is 3. The lowest BCUT2D eigenvalue weighted by Crippen LogP contribution is -2.30. The van der Waals surface area contributed by atoms with Crippen molar-refractivity contribution < 1.29 is 18.3 Å². The third-order valence-corrected chi connectivity index (χ3v) is 3.24. The summed E-state index contributed by atoms with van der Waals surface area (Å²) in [5.41, 5.74) is -3.24. The Balaban J connectivity index is 2.80. The first-order chi connectivity index (χ1) is 9.61. The first-order valence-corrected chi connectivity index (χ1v) is 6.33. The lowest BCUT2D eigenvalue weighted by molar-refractivity contribution is -0.137. The van der Waals surface area contributed by atoms with Crippen LogP contribution < -0.4 is 11.2 Å². The number of H-pyrrole nitrogens is 1. The average molecular weight is 365 g/mol. The van der Waals surface area contributed by atoms with Crippen LogP contribution in [0.25, 0.3) is 5.69 Å². The van der Waals surface area contributed by atoms with Gasteiger partial charge in [-0.05, 0) is 25.1 Å². The van der Waals surface area contributed by atoms with Crippen molar-refractivity contribution in [2.45, 2.75) is 13.1 Å². The van der Waals surface area contributed by atoms with Gasteiger partial charge in [-0.25, -0.2) is 9.36 Å². The van der Waals surface area contributed by atoms with Crippen molar-refractivity contribution in [2.75, 3.05) is 0 Å². The van der Waals surface area contributed by atoms with Gasteiger partial charge >= 0.3 is 11.9 Å². The maximum Gasteiger partial charge on any atom is 0.416 e. The highest BCUT2D eigenvalue weighted by atomic mass is 79.9. The minimum absolute atomic E-state index is 0.0717. The van der Waals surface area contributed by atoms with Crippen LogP contribution in [0.15, 0.2) is 32.3 Å². The molecule has 1 aromatic heterocycles. The molecule has 0 amide bonds. The van der Waals surface area contributed by atoms with E-state index in [1.807, 2.05) is 4.98 Å². The second kappa shape index (κ2) is 5.06. The molecule has 0 fully saturated rings. The Morgan fingerprint density at radius 1 is 1.24 bits per heavy atom. The van der Waals surface area contributed by atoms with E-state index in [-0.39, 0.29) is 15.7 Å². The molecule has 0 bridgehead atoms. The SMILES string of the molecule is Cc1c(O)n(-c2cc(Br)cc(C(F)(F)F)c2)c(=O)[nH]c1=O. The molecule has 0 saturated heterocycles. The highest BCUT2D eigenvalue weighted by Gasteiger charge is 2.31. The minimum Gasteiger partial charge on any atom is -0.494 e. The fourth-order valence-corrected chi connectivity index (χ4v) is 2.20. The summed E-state index contributed by atoms with van der Waals surface area (Å²) in [5, 5.41) is 9.84. The van der Waals surface area contributed by atoms with Gasteiger partial charge in [-0.1, -0.05) is 15.9 Å². The molecule has 5 nitrogen and oxygen atoms in total. The Bertz CT molecular complexity index is 824. The predicted molar refractivity (Wildman–Crippen MR) is 71.8 cm³/mol. The predicted octanol–water partition coefficient (Wildman–Crippen LogP) is 2.32. The summed E-state index contributed by atoms with van der Waals surface area (Å²) in [4.78, 5) is 25.0. The average Bonchev–Trinajstić information content (AvgIpc) is 2.34. The van der Waals surface area contributed by atoms with E-state index in [0.717, 1.165) is 6.07 Å². The van der Waals surface area contributed by atoms with Crippen molar-refractivity contribution in [3.8, 4) is 11.6 Å². The van der Waals surface area contributed by atoms with E-state index in [0.29, 0.717) is 10.6 Å². The molecule has 0 aliphatic rings.